The zero-order chi connectivity index (χ0) is 16.7. The molecule has 2 aromatic heterocycles. The van der Waals surface area contributed by atoms with Gasteiger partial charge in [-0.1, -0.05) is 0 Å². The van der Waals surface area contributed by atoms with Crippen LogP contribution in [-0.2, 0) is 4.74 Å². The first-order chi connectivity index (χ1) is 11.8. The van der Waals surface area contributed by atoms with Crippen molar-refractivity contribution in [1.82, 2.24) is 4.98 Å². The van der Waals surface area contributed by atoms with Gasteiger partial charge in [-0.2, -0.15) is 0 Å². The van der Waals surface area contributed by atoms with Crippen molar-refractivity contribution in [3.8, 4) is 11.5 Å². The minimum atomic E-state index is 0.183. The molecule has 0 amide bonds. The Balaban J connectivity index is 1.99. The molecule has 0 saturated heterocycles. The fourth-order valence-corrected chi connectivity index (χ4v) is 4.72. The summed E-state index contributed by atoms with van der Waals surface area (Å²) in [4.78, 5) is 5.51. The lowest BCUT2D eigenvalue weighted by molar-refractivity contribution is 0.0490. The Hall–Kier alpha value is -1.85. The van der Waals surface area contributed by atoms with Gasteiger partial charge in [0, 0.05) is 40.0 Å². The number of thiophene rings is 1. The molecule has 0 radical (unpaired) electrons. The third kappa shape index (κ3) is 2.43. The molecule has 1 saturated carbocycles. The van der Waals surface area contributed by atoms with E-state index in [0.29, 0.717) is 5.92 Å². The number of fused-ring (bicyclic) bond motifs is 2. The van der Waals surface area contributed by atoms with Crippen LogP contribution in [0.2, 0.25) is 0 Å². The van der Waals surface area contributed by atoms with Gasteiger partial charge in [0.15, 0.2) is 0 Å². The van der Waals surface area contributed by atoms with Crippen LogP contribution in [0.3, 0.4) is 0 Å². The van der Waals surface area contributed by atoms with Crippen LogP contribution in [0.1, 0.15) is 30.7 Å². The van der Waals surface area contributed by atoms with Crippen LogP contribution in [0.4, 0.5) is 0 Å². The van der Waals surface area contributed by atoms with Gasteiger partial charge in [0.05, 0.1) is 25.0 Å². The monoisotopic (exact) mass is 343 g/mol. The van der Waals surface area contributed by atoms with E-state index in [4.69, 9.17) is 14.2 Å². The zero-order valence-corrected chi connectivity index (χ0v) is 15.0. The quantitative estimate of drug-likeness (QED) is 0.635. The Morgan fingerprint density at radius 3 is 2.62 bits per heavy atom. The molecule has 0 aliphatic heterocycles. The fraction of sp³-hybridized carbons (Fsp3) is 0.421. The summed E-state index contributed by atoms with van der Waals surface area (Å²) >= 11 is 1.76. The SMILES string of the molecule is CCOC(c1cc2c(OC)c3cnccc3c(OC)c2s1)C1CC1. The topological polar surface area (TPSA) is 40.6 Å². The molecule has 5 heteroatoms. The molecule has 1 unspecified atom stereocenters. The Labute approximate surface area is 145 Å². The summed E-state index contributed by atoms with van der Waals surface area (Å²) < 4.78 is 18.7. The highest BCUT2D eigenvalue weighted by Crippen LogP contribution is 2.51. The Kier molecular flexibility index (Phi) is 4.06. The van der Waals surface area contributed by atoms with Crippen LogP contribution >= 0.6 is 11.3 Å². The average Bonchev–Trinajstić information content (AvgIpc) is 3.36. The molecule has 1 aliphatic rings. The van der Waals surface area contributed by atoms with Crippen molar-refractivity contribution in [3.63, 3.8) is 0 Å². The third-order valence-corrected chi connectivity index (χ3v) is 5.79. The molecule has 24 heavy (non-hydrogen) atoms. The van der Waals surface area contributed by atoms with E-state index in [1.165, 1.54) is 17.7 Å². The van der Waals surface area contributed by atoms with E-state index in [2.05, 4.69) is 18.0 Å². The Morgan fingerprint density at radius 1 is 1.17 bits per heavy atom. The van der Waals surface area contributed by atoms with Crippen molar-refractivity contribution in [1.29, 1.82) is 0 Å². The number of ether oxygens (including phenoxy) is 3. The minimum absolute atomic E-state index is 0.183. The molecule has 126 valence electrons. The van der Waals surface area contributed by atoms with Gasteiger partial charge in [0.1, 0.15) is 11.5 Å². The van der Waals surface area contributed by atoms with E-state index in [1.807, 2.05) is 12.3 Å². The number of methoxy groups -OCH3 is 2. The van der Waals surface area contributed by atoms with E-state index in [0.717, 1.165) is 39.0 Å². The standard InChI is InChI=1S/C19H21NO3S/c1-4-23-16(11-5-6-11)15-9-13-17(21-2)14-10-20-8-7-12(14)18(22-3)19(13)24-15/h7-11,16H,4-6H2,1-3H3. The van der Waals surface area contributed by atoms with Crippen molar-refractivity contribution >= 4 is 32.2 Å². The molecule has 3 aromatic rings. The highest BCUT2D eigenvalue weighted by molar-refractivity contribution is 7.19. The second-order valence-electron chi connectivity index (χ2n) is 6.09. The van der Waals surface area contributed by atoms with Gasteiger partial charge in [-0.05, 0) is 37.8 Å². The van der Waals surface area contributed by atoms with Gasteiger partial charge in [-0.15, -0.1) is 11.3 Å². The summed E-state index contributed by atoms with van der Waals surface area (Å²) in [6.45, 7) is 2.79. The molecule has 1 aromatic carbocycles. The molecule has 4 rings (SSSR count). The number of nitrogens with zero attached hydrogens (tertiary/aromatic N) is 1. The summed E-state index contributed by atoms with van der Waals surface area (Å²) in [7, 11) is 3.44. The largest absolute Gasteiger partial charge is 0.495 e. The van der Waals surface area contributed by atoms with Crippen LogP contribution < -0.4 is 9.47 Å². The highest BCUT2D eigenvalue weighted by atomic mass is 32.1. The van der Waals surface area contributed by atoms with Crippen molar-refractivity contribution in [2.45, 2.75) is 25.9 Å². The smallest absolute Gasteiger partial charge is 0.144 e. The Bertz CT molecular complexity index is 825. The van der Waals surface area contributed by atoms with Crippen molar-refractivity contribution < 1.29 is 14.2 Å². The number of hydrogen-bond acceptors (Lipinski definition) is 5. The molecule has 1 fully saturated rings. The van der Waals surface area contributed by atoms with Gasteiger partial charge in [0.2, 0.25) is 0 Å². The first-order valence-corrected chi connectivity index (χ1v) is 9.12. The van der Waals surface area contributed by atoms with Crippen LogP contribution in [0.25, 0.3) is 20.9 Å². The summed E-state index contributed by atoms with van der Waals surface area (Å²) in [6, 6.07) is 4.20. The van der Waals surface area contributed by atoms with Crippen molar-refractivity contribution in [2.24, 2.45) is 5.92 Å². The first-order valence-electron chi connectivity index (χ1n) is 8.31. The predicted molar refractivity (Wildman–Crippen MR) is 97.3 cm³/mol. The normalized spacial score (nSPS) is 15.8. The molecule has 0 bridgehead atoms. The second-order valence-corrected chi connectivity index (χ2v) is 7.18. The minimum Gasteiger partial charge on any atom is -0.495 e. The first kappa shape index (κ1) is 15.7. The number of hydrogen-bond donors (Lipinski definition) is 0. The number of aromatic nitrogens is 1. The fourth-order valence-electron chi connectivity index (χ4n) is 3.38. The summed E-state index contributed by atoms with van der Waals surface area (Å²) in [5.41, 5.74) is 0. The molecule has 1 atom stereocenters. The molecule has 0 N–H and O–H groups in total. The van der Waals surface area contributed by atoms with E-state index >= 15 is 0 Å². The van der Waals surface area contributed by atoms with Crippen LogP contribution in [-0.4, -0.2) is 25.8 Å². The predicted octanol–water partition coefficient (Wildman–Crippen LogP) is 4.95. The van der Waals surface area contributed by atoms with Crippen LogP contribution in [0, 0.1) is 5.92 Å². The number of pyridine rings is 1. The molecule has 2 heterocycles. The lowest BCUT2D eigenvalue weighted by Gasteiger charge is -2.13. The molecule has 4 nitrogen and oxygen atoms in total. The maximum absolute atomic E-state index is 6.04. The lowest BCUT2D eigenvalue weighted by atomic mass is 10.1. The molecular weight excluding hydrogens is 322 g/mol. The van der Waals surface area contributed by atoms with Crippen LogP contribution in [0.5, 0.6) is 11.5 Å². The molecular formula is C19H21NO3S. The van der Waals surface area contributed by atoms with E-state index in [1.54, 1.807) is 31.8 Å². The van der Waals surface area contributed by atoms with Gasteiger partial charge in [-0.25, -0.2) is 0 Å². The third-order valence-electron chi connectivity index (χ3n) is 4.60. The zero-order valence-electron chi connectivity index (χ0n) is 14.2. The maximum atomic E-state index is 6.04. The van der Waals surface area contributed by atoms with Gasteiger partial charge in [0.25, 0.3) is 0 Å². The van der Waals surface area contributed by atoms with E-state index in [-0.39, 0.29) is 6.10 Å². The van der Waals surface area contributed by atoms with Gasteiger partial charge >= 0.3 is 0 Å². The summed E-state index contributed by atoms with van der Waals surface area (Å²) in [6.07, 6.45) is 6.31. The number of rotatable bonds is 6. The van der Waals surface area contributed by atoms with Crippen LogP contribution in [0.15, 0.2) is 24.5 Å². The molecule has 1 aliphatic carbocycles. The Morgan fingerprint density at radius 2 is 1.96 bits per heavy atom. The van der Waals surface area contributed by atoms with E-state index in [9.17, 15) is 0 Å². The molecule has 0 spiro atoms. The average molecular weight is 343 g/mol. The van der Waals surface area contributed by atoms with Gasteiger partial charge in [-0.3, -0.25) is 4.98 Å². The lowest BCUT2D eigenvalue weighted by Crippen LogP contribution is -2.04. The van der Waals surface area contributed by atoms with Crippen molar-refractivity contribution in [3.05, 3.63) is 29.4 Å². The summed E-state index contributed by atoms with van der Waals surface area (Å²) in [5, 5.41) is 3.10. The van der Waals surface area contributed by atoms with E-state index < -0.39 is 0 Å². The van der Waals surface area contributed by atoms with Crippen molar-refractivity contribution in [2.75, 3.05) is 20.8 Å². The second kappa shape index (κ2) is 6.22. The number of benzene rings is 1. The highest BCUT2D eigenvalue weighted by Gasteiger charge is 2.34. The van der Waals surface area contributed by atoms with Gasteiger partial charge < -0.3 is 14.2 Å². The maximum Gasteiger partial charge on any atom is 0.144 e. The summed E-state index contributed by atoms with van der Waals surface area (Å²) in [5.74, 6) is 2.40.